The third-order valence-electron chi connectivity index (χ3n) is 4.42. The van der Waals surface area contributed by atoms with Crippen molar-refractivity contribution in [3.63, 3.8) is 0 Å². The Balaban J connectivity index is 1.86. The van der Waals surface area contributed by atoms with Gasteiger partial charge in [-0.3, -0.25) is 24.8 Å². The standard InChI is InChI=1S/C20H25N9O3/c1-11(2)10-14(16(21)30)25-20-26-18(15(17(22)31)19(32)27-20)24-12-4-6-13(7-5-12)28-29-9-3-8-23-29/h3-9,11,14,28H,10H2,1-2H3,(H2,21,30)(H2,22,31)(H3,24,25,26,27,32). The Bertz CT molecular complexity index is 1140. The highest BCUT2D eigenvalue weighted by Gasteiger charge is 2.21. The van der Waals surface area contributed by atoms with E-state index < -0.39 is 23.4 Å². The normalized spacial score (nSPS) is 11.7. The summed E-state index contributed by atoms with van der Waals surface area (Å²) in [5.74, 6) is -1.43. The zero-order valence-electron chi connectivity index (χ0n) is 17.6. The summed E-state index contributed by atoms with van der Waals surface area (Å²) in [7, 11) is 0. The molecule has 12 nitrogen and oxygen atoms in total. The van der Waals surface area contributed by atoms with E-state index >= 15 is 0 Å². The van der Waals surface area contributed by atoms with Gasteiger partial charge in [0.1, 0.15) is 11.6 Å². The summed E-state index contributed by atoms with van der Waals surface area (Å²) >= 11 is 0. The van der Waals surface area contributed by atoms with Crippen LogP contribution in [0.3, 0.4) is 0 Å². The first-order valence-corrected chi connectivity index (χ1v) is 9.86. The van der Waals surface area contributed by atoms with Gasteiger partial charge in [0.05, 0.1) is 11.9 Å². The summed E-state index contributed by atoms with van der Waals surface area (Å²) in [6.07, 6.45) is 3.82. The van der Waals surface area contributed by atoms with Crippen molar-refractivity contribution in [2.75, 3.05) is 16.1 Å². The minimum atomic E-state index is -0.946. The minimum Gasteiger partial charge on any atom is -0.368 e. The van der Waals surface area contributed by atoms with Crippen LogP contribution in [0.4, 0.5) is 23.1 Å². The van der Waals surface area contributed by atoms with Gasteiger partial charge in [0.15, 0.2) is 5.82 Å². The Morgan fingerprint density at radius 3 is 2.41 bits per heavy atom. The molecule has 0 saturated carbocycles. The quantitative estimate of drug-likeness (QED) is 0.270. The Morgan fingerprint density at radius 1 is 1.16 bits per heavy atom. The number of hydrogen-bond donors (Lipinski definition) is 6. The van der Waals surface area contributed by atoms with Crippen LogP contribution in [-0.4, -0.2) is 37.7 Å². The van der Waals surface area contributed by atoms with E-state index in [0.29, 0.717) is 12.1 Å². The molecule has 0 aliphatic carbocycles. The number of hydrogen-bond acceptors (Lipinski definition) is 8. The van der Waals surface area contributed by atoms with E-state index in [2.05, 4.69) is 31.1 Å². The van der Waals surface area contributed by atoms with Gasteiger partial charge in [-0.15, -0.1) is 0 Å². The van der Waals surface area contributed by atoms with Gasteiger partial charge in [0.2, 0.25) is 11.9 Å². The topological polar surface area (TPSA) is 186 Å². The highest BCUT2D eigenvalue weighted by atomic mass is 16.2. The number of aromatic nitrogens is 4. The summed E-state index contributed by atoms with van der Waals surface area (Å²) in [4.78, 5) is 44.3. The lowest BCUT2D eigenvalue weighted by molar-refractivity contribution is -0.119. The summed E-state index contributed by atoms with van der Waals surface area (Å²) in [6.45, 7) is 3.86. The molecule has 0 bridgehead atoms. The third-order valence-corrected chi connectivity index (χ3v) is 4.42. The number of amides is 2. The summed E-state index contributed by atoms with van der Waals surface area (Å²) in [5.41, 5.74) is 14.1. The molecule has 3 aromatic rings. The van der Waals surface area contributed by atoms with E-state index in [9.17, 15) is 14.4 Å². The molecule has 8 N–H and O–H groups in total. The first-order valence-electron chi connectivity index (χ1n) is 9.86. The van der Waals surface area contributed by atoms with Gasteiger partial charge in [-0.05, 0) is 42.7 Å². The van der Waals surface area contributed by atoms with Gasteiger partial charge in [0.25, 0.3) is 11.5 Å². The Hall–Kier alpha value is -4.35. The number of benzene rings is 1. The van der Waals surface area contributed by atoms with Crippen molar-refractivity contribution in [2.24, 2.45) is 17.4 Å². The first-order chi connectivity index (χ1) is 15.2. The van der Waals surface area contributed by atoms with E-state index in [0.717, 1.165) is 5.69 Å². The van der Waals surface area contributed by atoms with Crippen LogP contribution >= 0.6 is 0 Å². The molecule has 0 fully saturated rings. The molecule has 0 aliphatic heterocycles. The maximum Gasteiger partial charge on any atom is 0.267 e. The number of primary amides is 2. The SMILES string of the molecule is CC(C)CC(Nc1nc(Nc2ccc(Nn3cccn3)cc2)c(C(N)=O)c(=O)[nH]1)C(N)=O. The van der Waals surface area contributed by atoms with Crippen molar-refractivity contribution in [3.8, 4) is 0 Å². The molecule has 32 heavy (non-hydrogen) atoms. The number of H-pyrrole nitrogens is 1. The molecule has 2 aromatic heterocycles. The molecule has 1 aromatic carbocycles. The predicted octanol–water partition coefficient (Wildman–Crippen LogP) is 0.996. The zero-order chi connectivity index (χ0) is 23.3. The largest absolute Gasteiger partial charge is 0.368 e. The Kier molecular flexibility index (Phi) is 6.73. The van der Waals surface area contributed by atoms with Crippen molar-refractivity contribution in [2.45, 2.75) is 26.3 Å². The van der Waals surface area contributed by atoms with Crippen molar-refractivity contribution >= 4 is 35.0 Å². The first kappa shape index (κ1) is 22.3. The molecule has 1 atom stereocenters. The van der Waals surface area contributed by atoms with Gasteiger partial charge in [-0.25, -0.2) is 0 Å². The molecule has 0 radical (unpaired) electrons. The van der Waals surface area contributed by atoms with Crippen LogP contribution in [-0.2, 0) is 4.79 Å². The fraction of sp³-hybridized carbons (Fsp3) is 0.250. The molecular formula is C20H25N9O3. The van der Waals surface area contributed by atoms with E-state index in [1.54, 1.807) is 42.7 Å². The average Bonchev–Trinajstić information content (AvgIpc) is 3.21. The average molecular weight is 439 g/mol. The molecule has 0 saturated heterocycles. The monoisotopic (exact) mass is 439 g/mol. The molecule has 1 unspecified atom stereocenters. The van der Waals surface area contributed by atoms with Gasteiger partial charge in [-0.2, -0.15) is 14.9 Å². The number of anilines is 4. The van der Waals surface area contributed by atoms with E-state index in [1.807, 2.05) is 13.8 Å². The highest BCUT2D eigenvalue weighted by Crippen LogP contribution is 2.20. The second kappa shape index (κ2) is 9.64. The molecular weight excluding hydrogens is 414 g/mol. The number of nitrogens with two attached hydrogens (primary N) is 2. The van der Waals surface area contributed by atoms with Crippen LogP contribution in [0, 0.1) is 5.92 Å². The van der Waals surface area contributed by atoms with Crippen LogP contribution in [0.1, 0.15) is 30.6 Å². The smallest absolute Gasteiger partial charge is 0.267 e. The fourth-order valence-electron chi connectivity index (χ4n) is 2.98. The van der Waals surface area contributed by atoms with Gasteiger partial charge >= 0.3 is 0 Å². The molecule has 0 spiro atoms. The zero-order valence-corrected chi connectivity index (χ0v) is 17.6. The van der Waals surface area contributed by atoms with E-state index in [-0.39, 0.29) is 23.2 Å². The van der Waals surface area contributed by atoms with Gasteiger partial charge in [0, 0.05) is 11.9 Å². The number of nitrogens with one attached hydrogen (secondary N) is 4. The lowest BCUT2D eigenvalue weighted by atomic mass is 10.0. The number of nitrogens with zero attached hydrogens (tertiary/aromatic N) is 3. The number of aromatic amines is 1. The third kappa shape index (κ3) is 5.62. The summed E-state index contributed by atoms with van der Waals surface area (Å²) in [5, 5.41) is 9.81. The van der Waals surface area contributed by atoms with Crippen LogP contribution in [0.15, 0.2) is 47.5 Å². The van der Waals surface area contributed by atoms with Crippen LogP contribution in [0.25, 0.3) is 0 Å². The lowest BCUT2D eigenvalue weighted by Gasteiger charge is -2.18. The van der Waals surface area contributed by atoms with Crippen molar-refractivity contribution in [3.05, 3.63) is 58.6 Å². The van der Waals surface area contributed by atoms with Crippen LogP contribution in [0.2, 0.25) is 0 Å². The molecule has 0 aliphatic rings. The van der Waals surface area contributed by atoms with Gasteiger partial charge < -0.3 is 22.1 Å². The van der Waals surface area contributed by atoms with E-state index in [4.69, 9.17) is 11.5 Å². The highest BCUT2D eigenvalue weighted by molar-refractivity contribution is 5.98. The molecule has 12 heteroatoms. The molecule has 168 valence electrons. The Morgan fingerprint density at radius 2 is 1.84 bits per heavy atom. The second-order valence-electron chi connectivity index (χ2n) is 7.50. The summed E-state index contributed by atoms with van der Waals surface area (Å²) in [6, 6.07) is 8.01. The fourth-order valence-corrected chi connectivity index (χ4v) is 2.98. The van der Waals surface area contributed by atoms with Crippen molar-refractivity contribution in [1.82, 2.24) is 19.9 Å². The molecule has 2 amide bonds. The van der Waals surface area contributed by atoms with Crippen molar-refractivity contribution in [1.29, 1.82) is 0 Å². The lowest BCUT2D eigenvalue weighted by Crippen LogP contribution is -2.38. The maximum atomic E-state index is 12.5. The molecule has 3 rings (SSSR count). The Labute approximate surface area is 183 Å². The second-order valence-corrected chi connectivity index (χ2v) is 7.50. The van der Waals surface area contributed by atoms with Crippen LogP contribution < -0.4 is 33.1 Å². The van der Waals surface area contributed by atoms with Crippen LogP contribution in [0.5, 0.6) is 0 Å². The maximum absolute atomic E-state index is 12.5. The van der Waals surface area contributed by atoms with Gasteiger partial charge in [-0.1, -0.05) is 13.8 Å². The van der Waals surface area contributed by atoms with E-state index in [1.165, 1.54) is 4.79 Å². The molecule has 2 heterocycles. The minimum absolute atomic E-state index is 0.0103. The predicted molar refractivity (Wildman–Crippen MR) is 120 cm³/mol. The number of carbonyl (C=O) groups is 2. The number of rotatable bonds is 10. The number of carbonyl (C=O) groups excluding carboxylic acids is 2. The summed E-state index contributed by atoms with van der Waals surface area (Å²) < 4.78 is 0. The van der Waals surface area contributed by atoms with Crippen molar-refractivity contribution < 1.29 is 9.59 Å².